The van der Waals surface area contributed by atoms with Gasteiger partial charge in [0, 0.05) is 6.42 Å². The molecular formula is C14H14Cl2N4O3. The minimum absolute atomic E-state index is 0.197. The number of carbonyl (C=O) groups excluding carboxylic acids is 1. The van der Waals surface area contributed by atoms with E-state index in [0.717, 1.165) is 0 Å². The number of rotatable bonds is 6. The predicted molar refractivity (Wildman–Crippen MR) is 87.9 cm³/mol. The first-order valence-corrected chi connectivity index (χ1v) is 7.57. The fourth-order valence-corrected chi connectivity index (χ4v) is 2.36. The highest BCUT2D eigenvalue weighted by molar-refractivity contribution is 6.43. The van der Waals surface area contributed by atoms with Crippen LogP contribution in [0.5, 0.6) is 0 Å². The minimum Gasteiger partial charge on any atom is -0.358 e. The Bertz CT molecular complexity index is 746. The van der Waals surface area contributed by atoms with Gasteiger partial charge in [-0.1, -0.05) is 29.3 Å². The van der Waals surface area contributed by atoms with Crippen LogP contribution in [0.15, 0.2) is 24.3 Å². The van der Waals surface area contributed by atoms with Gasteiger partial charge >= 0.3 is 5.82 Å². The summed E-state index contributed by atoms with van der Waals surface area (Å²) in [5.41, 5.74) is 1.13. The number of amides is 1. The van der Waals surface area contributed by atoms with Crippen LogP contribution in [0.1, 0.15) is 18.5 Å². The molecule has 122 valence electrons. The van der Waals surface area contributed by atoms with Gasteiger partial charge in [-0.3, -0.25) is 4.79 Å². The van der Waals surface area contributed by atoms with Crippen LogP contribution in [-0.4, -0.2) is 20.6 Å². The van der Waals surface area contributed by atoms with Crippen LogP contribution in [-0.2, 0) is 11.3 Å². The SMILES string of the molecule is Cc1cc([N+](=O)[O-])nn1CCCC(=O)Nc1cccc(Cl)c1Cl. The number of nitrogens with one attached hydrogen (secondary N) is 1. The number of hydrogen-bond acceptors (Lipinski definition) is 4. The second-order valence-corrected chi connectivity index (χ2v) is 5.66. The van der Waals surface area contributed by atoms with Crippen LogP contribution in [0.3, 0.4) is 0 Å². The largest absolute Gasteiger partial charge is 0.390 e. The van der Waals surface area contributed by atoms with Crippen molar-refractivity contribution in [2.75, 3.05) is 5.32 Å². The first-order valence-electron chi connectivity index (χ1n) is 6.81. The molecule has 2 aromatic rings. The van der Waals surface area contributed by atoms with Crippen molar-refractivity contribution in [1.29, 1.82) is 0 Å². The van der Waals surface area contributed by atoms with Gasteiger partial charge < -0.3 is 15.4 Å². The van der Waals surface area contributed by atoms with Gasteiger partial charge in [0.1, 0.15) is 0 Å². The zero-order valence-corrected chi connectivity index (χ0v) is 13.8. The normalized spacial score (nSPS) is 10.6. The van der Waals surface area contributed by atoms with Crippen molar-refractivity contribution in [3.63, 3.8) is 0 Å². The van der Waals surface area contributed by atoms with Crippen LogP contribution in [0.25, 0.3) is 0 Å². The molecule has 0 aliphatic heterocycles. The van der Waals surface area contributed by atoms with Crippen molar-refractivity contribution in [3.8, 4) is 0 Å². The summed E-state index contributed by atoms with van der Waals surface area (Å²) in [6, 6.07) is 6.38. The summed E-state index contributed by atoms with van der Waals surface area (Å²) in [4.78, 5) is 22.0. The molecule has 0 fully saturated rings. The number of anilines is 1. The lowest BCUT2D eigenvalue weighted by molar-refractivity contribution is -0.389. The molecule has 0 aliphatic rings. The third kappa shape index (κ3) is 4.43. The van der Waals surface area contributed by atoms with Gasteiger partial charge in [0.2, 0.25) is 5.91 Å². The summed E-state index contributed by atoms with van der Waals surface area (Å²) < 4.78 is 1.51. The van der Waals surface area contributed by atoms with E-state index in [1.54, 1.807) is 25.1 Å². The van der Waals surface area contributed by atoms with E-state index in [4.69, 9.17) is 23.2 Å². The van der Waals surface area contributed by atoms with E-state index < -0.39 is 4.92 Å². The molecule has 0 unspecified atom stereocenters. The summed E-state index contributed by atoms with van der Waals surface area (Å²) in [5, 5.41) is 17.9. The van der Waals surface area contributed by atoms with Gasteiger partial charge in [0.05, 0.1) is 39.1 Å². The Morgan fingerprint density at radius 1 is 1.43 bits per heavy atom. The summed E-state index contributed by atoms with van der Waals surface area (Å²) in [6.07, 6.45) is 0.722. The second-order valence-electron chi connectivity index (χ2n) is 4.88. The highest BCUT2D eigenvalue weighted by Crippen LogP contribution is 2.29. The Kier molecular flexibility index (Phi) is 5.57. The Morgan fingerprint density at radius 2 is 2.17 bits per heavy atom. The Labute approximate surface area is 142 Å². The van der Waals surface area contributed by atoms with E-state index in [1.165, 1.54) is 10.7 Å². The van der Waals surface area contributed by atoms with Crippen molar-refractivity contribution in [1.82, 2.24) is 9.78 Å². The number of halogens is 2. The fourth-order valence-electron chi connectivity index (χ4n) is 2.01. The molecule has 0 radical (unpaired) electrons. The smallest absolute Gasteiger partial charge is 0.358 e. The zero-order chi connectivity index (χ0) is 17.0. The molecule has 1 heterocycles. The van der Waals surface area contributed by atoms with Crippen molar-refractivity contribution in [2.45, 2.75) is 26.3 Å². The van der Waals surface area contributed by atoms with Gasteiger partial charge in [0.15, 0.2) is 0 Å². The lowest BCUT2D eigenvalue weighted by atomic mass is 10.2. The molecule has 0 bridgehead atoms. The number of benzene rings is 1. The van der Waals surface area contributed by atoms with Crippen LogP contribution < -0.4 is 5.32 Å². The van der Waals surface area contributed by atoms with Gasteiger partial charge in [-0.2, -0.15) is 4.68 Å². The summed E-state index contributed by atoms with van der Waals surface area (Å²) in [7, 11) is 0. The van der Waals surface area contributed by atoms with Gasteiger partial charge in [-0.05, 0) is 30.4 Å². The molecule has 0 saturated heterocycles. The average molecular weight is 357 g/mol. The van der Waals surface area contributed by atoms with E-state index in [-0.39, 0.29) is 18.1 Å². The lowest BCUT2D eigenvalue weighted by Crippen LogP contribution is -2.13. The minimum atomic E-state index is -0.544. The Hall–Kier alpha value is -2.12. The number of aromatic nitrogens is 2. The van der Waals surface area contributed by atoms with Crippen molar-refractivity contribution >= 4 is 40.6 Å². The van der Waals surface area contributed by atoms with Crippen LogP contribution in [0.2, 0.25) is 10.0 Å². The summed E-state index contributed by atoms with van der Waals surface area (Å²) in [6.45, 7) is 2.14. The van der Waals surface area contributed by atoms with E-state index in [1.807, 2.05) is 0 Å². The molecule has 1 amide bonds. The predicted octanol–water partition coefficient (Wildman–Crippen LogP) is 3.83. The Morgan fingerprint density at radius 3 is 2.83 bits per heavy atom. The Balaban J connectivity index is 1.88. The fraction of sp³-hybridized carbons (Fsp3) is 0.286. The maximum absolute atomic E-state index is 11.9. The molecular weight excluding hydrogens is 343 g/mol. The maximum Gasteiger partial charge on any atom is 0.390 e. The average Bonchev–Trinajstić information content (AvgIpc) is 2.86. The standard InChI is InChI=1S/C14H14Cl2N4O3/c1-9-8-12(20(22)23)18-19(9)7-3-6-13(21)17-11-5-2-4-10(15)14(11)16/h2,4-5,8H,3,6-7H2,1H3,(H,17,21). The molecule has 1 aromatic carbocycles. The third-order valence-corrected chi connectivity index (χ3v) is 3.97. The molecule has 0 spiro atoms. The maximum atomic E-state index is 11.9. The van der Waals surface area contributed by atoms with Crippen LogP contribution in [0, 0.1) is 17.0 Å². The zero-order valence-electron chi connectivity index (χ0n) is 12.3. The van der Waals surface area contributed by atoms with Gasteiger partial charge in [0.25, 0.3) is 0 Å². The van der Waals surface area contributed by atoms with Gasteiger partial charge in [-0.25, -0.2) is 0 Å². The number of hydrogen-bond donors (Lipinski definition) is 1. The summed E-state index contributed by atoms with van der Waals surface area (Å²) in [5.74, 6) is -0.411. The monoisotopic (exact) mass is 356 g/mol. The quantitative estimate of drug-likeness (QED) is 0.628. The molecule has 0 aliphatic carbocycles. The van der Waals surface area contributed by atoms with E-state index in [0.29, 0.717) is 34.4 Å². The highest BCUT2D eigenvalue weighted by atomic mass is 35.5. The third-order valence-electron chi connectivity index (χ3n) is 3.15. The lowest BCUT2D eigenvalue weighted by Gasteiger charge is -2.08. The summed E-state index contributed by atoms with van der Waals surface area (Å²) >= 11 is 11.9. The van der Waals surface area contributed by atoms with Crippen LogP contribution >= 0.6 is 23.2 Å². The van der Waals surface area contributed by atoms with Gasteiger partial charge in [-0.15, -0.1) is 0 Å². The van der Waals surface area contributed by atoms with Crippen molar-refractivity contribution in [3.05, 3.63) is 50.1 Å². The molecule has 0 atom stereocenters. The van der Waals surface area contributed by atoms with E-state index in [2.05, 4.69) is 10.4 Å². The topological polar surface area (TPSA) is 90.1 Å². The number of carbonyl (C=O) groups is 1. The molecule has 9 heteroatoms. The first kappa shape index (κ1) is 17.2. The second kappa shape index (κ2) is 7.43. The van der Waals surface area contributed by atoms with Crippen LogP contribution in [0.4, 0.5) is 11.5 Å². The molecule has 0 saturated carbocycles. The van der Waals surface area contributed by atoms with E-state index in [9.17, 15) is 14.9 Å². The van der Waals surface area contributed by atoms with Crippen molar-refractivity contribution in [2.24, 2.45) is 0 Å². The molecule has 2 rings (SSSR count). The molecule has 1 N–H and O–H groups in total. The number of aryl methyl sites for hydroxylation is 2. The number of nitro groups is 1. The van der Waals surface area contributed by atoms with Crippen molar-refractivity contribution < 1.29 is 9.72 Å². The number of nitrogens with zero attached hydrogens (tertiary/aromatic N) is 3. The van der Waals surface area contributed by atoms with E-state index >= 15 is 0 Å². The molecule has 7 nitrogen and oxygen atoms in total. The molecule has 23 heavy (non-hydrogen) atoms. The first-order chi connectivity index (χ1) is 10.9. The molecule has 1 aromatic heterocycles. The highest BCUT2D eigenvalue weighted by Gasteiger charge is 2.15.